The minimum atomic E-state index is -0.858. The quantitative estimate of drug-likeness (QED) is 0.797. The molecule has 1 rings (SSSR count). The first kappa shape index (κ1) is 17.0. The van der Waals surface area contributed by atoms with E-state index in [0.717, 1.165) is 11.3 Å². The fourth-order valence-corrected chi connectivity index (χ4v) is 2.19. The molecule has 1 N–H and O–H groups in total. The maximum Gasteiger partial charge on any atom is 0.305 e. The van der Waals surface area contributed by atoms with Crippen LogP contribution < -0.4 is 4.90 Å². The Kier molecular flexibility index (Phi) is 6.72. The van der Waals surface area contributed by atoms with Crippen molar-refractivity contribution in [3.05, 3.63) is 29.8 Å². The monoisotopic (exact) mass is 292 g/mol. The van der Waals surface area contributed by atoms with Crippen LogP contribution in [0.15, 0.2) is 24.3 Å². The minimum Gasteiger partial charge on any atom is -0.481 e. The maximum atomic E-state index is 12.3. The van der Waals surface area contributed by atoms with E-state index in [4.69, 9.17) is 5.11 Å². The molecular weight excluding hydrogens is 268 g/mol. The summed E-state index contributed by atoms with van der Waals surface area (Å²) in [6.45, 7) is 7.71. The van der Waals surface area contributed by atoms with Crippen molar-refractivity contribution in [2.45, 2.75) is 27.2 Å². The second-order valence-electron chi connectivity index (χ2n) is 4.97. The average Bonchev–Trinajstić information content (AvgIpc) is 2.44. The number of anilines is 1. The number of aryl methyl sites for hydroxylation is 1. The third-order valence-electron chi connectivity index (χ3n) is 3.40. The highest BCUT2D eigenvalue weighted by Crippen LogP contribution is 2.16. The van der Waals surface area contributed by atoms with Crippen molar-refractivity contribution >= 4 is 17.6 Å². The molecule has 1 aromatic rings. The molecule has 0 aromatic heterocycles. The zero-order valence-corrected chi connectivity index (χ0v) is 13.0. The molecule has 1 amide bonds. The van der Waals surface area contributed by atoms with E-state index in [1.807, 2.05) is 49.9 Å². The lowest BCUT2D eigenvalue weighted by atomic mass is 10.2. The lowest BCUT2D eigenvalue weighted by Gasteiger charge is -2.27. The van der Waals surface area contributed by atoms with E-state index >= 15 is 0 Å². The van der Waals surface area contributed by atoms with Crippen LogP contribution in [0, 0.1) is 6.92 Å². The molecule has 0 radical (unpaired) electrons. The summed E-state index contributed by atoms with van der Waals surface area (Å²) in [6, 6.07) is 7.77. The third-order valence-corrected chi connectivity index (χ3v) is 3.40. The van der Waals surface area contributed by atoms with Gasteiger partial charge in [-0.3, -0.25) is 9.59 Å². The van der Waals surface area contributed by atoms with Gasteiger partial charge >= 0.3 is 5.97 Å². The molecule has 5 heteroatoms. The number of aliphatic carboxylic acids is 1. The van der Waals surface area contributed by atoms with Gasteiger partial charge in [0.05, 0.1) is 13.0 Å². The summed E-state index contributed by atoms with van der Waals surface area (Å²) in [5.41, 5.74) is 1.97. The van der Waals surface area contributed by atoms with Crippen molar-refractivity contribution in [2.75, 3.05) is 31.1 Å². The van der Waals surface area contributed by atoms with E-state index in [9.17, 15) is 9.59 Å². The molecule has 0 saturated heterocycles. The minimum absolute atomic E-state index is 0.0134. The number of hydrogen-bond acceptors (Lipinski definition) is 3. The molecule has 0 unspecified atom stereocenters. The molecule has 1 aromatic carbocycles. The van der Waals surface area contributed by atoms with Gasteiger partial charge in [0.15, 0.2) is 0 Å². The average molecular weight is 292 g/mol. The number of likely N-dealkylation sites (N-methyl/N-ethyl adjacent to an activating group) is 1. The van der Waals surface area contributed by atoms with Crippen molar-refractivity contribution in [1.29, 1.82) is 0 Å². The zero-order valence-electron chi connectivity index (χ0n) is 13.0. The number of carbonyl (C=O) groups is 2. The normalized spacial score (nSPS) is 10.2. The van der Waals surface area contributed by atoms with Gasteiger partial charge in [-0.15, -0.1) is 0 Å². The van der Waals surface area contributed by atoms with Crippen LogP contribution in [0.3, 0.4) is 0 Å². The van der Waals surface area contributed by atoms with Gasteiger partial charge in [-0.2, -0.15) is 0 Å². The van der Waals surface area contributed by atoms with E-state index in [-0.39, 0.29) is 18.9 Å². The molecule has 0 heterocycles. The number of carboxylic acids is 1. The first-order chi connectivity index (χ1) is 9.97. The molecule has 0 spiro atoms. The summed E-state index contributed by atoms with van der Waals surface area (Å²) >= 11 is 0. The fraction of sp³-hybridized carbons (Fsp3) is 0.500. The van der Waals surface area contributed by atoms with E-state index in [1.54, 1.807) is 4.90 Å². The summed E-state index contributed by atoms with van der Waals surface area (Å²) in [6.07, 6.45) is 0.0134. The van der Waals surface area contributed by atoms with Crippen LogP contribution in [0.5, 0.6) is 0 Å². The van der Waals surface area contributed by atoms with Crippen LogP contribution in [0.4, 0.5) is 5.69 Å². The Labute approximate surface area is 126 Å². The Balaban J connectivity index is 2.86. The number of nitrogens with zero attached hydrogens (tertiary/aromatic N) is 2. The van der Waals surface area contributed by atoms with Gasteiger partial charge in [-0.05, 0) is 38.5 Å². The molecule has 21 heavy (non-hydrogen) atoms. The van der Waals surface area contributed by atoms with E-state index in [2.05, 4.69) is 0 Å². The van der Waals surface area contributed by atoms with Gasteiger partial charge in [0.1, 0.15) is 0 Å². The van der Waals surface area contributed by atoms with Crippen molar-refractivity contribution in [3.8, 4) is 0 Å². The SMILES string of the molecule is CCN(CC)C(=O)CN(CCC(=O)O)c1cccc(C)c1. The Morgan fingerprint density at radius 3 is 2.38 bits per heavy atom. The van der Waals surface area contributed by atoms with Crippen LogP contribution in [-0.2, 0) is 9.59 Å². The summed E-state index contributed by atoms with van der Waals surface area (Å²) in [4.78, 5) is 26.7. The second kappa shape index (κ2) is 8.29. The number of rotatable bonds is 8. The third kappa shape index (κ3) is 5.45. The molecule has 0 saturated carbocycles. The smallest absolute Gasteiger partial charge is 0.305 e. The number of carboxylic acid groups (broad SMARTS) is 1. The summed E-state index contributed by atoms with van der Waals surface area (Å²) in [5.74, 6) is -0.838. The molecule has 116 valence electrons. The predicted molar refractivity (Wildman–Crippen MR) is 83.6 cm³/mol. The van der Waals surface area contributed by atoms with Gasteiger partial charge < -0.3 is 14.9 Å². The van der Waals surface area contributed by atoms with Crippen LogP contribution in [0.1, 0.15) is 25.8 Å². The van der Waals surface area contributed by atoms with Crippen molar-refractivity contribution < 1.29 is 14.7 Å². The van der Waals surface area contributed by atoms with Gasteiger partial charge in [-0.1, -0.05) is 12.1 Å². The molecule has 0 aliphatic rings. The highest BCUT2D eigenvalue weighted by atomic mass is 16.4. The van der Waals surface area contributed by atoms with Gasteiger partial charge in [0.2, 0.25) is 5.91 Å². The Bertz CT molecular complexity index is 484. The molecule has 0 atom stereocenters. The van der Waals surface area contributed by atoms with Crippen LogP contribution in [-0.4, -0.2) is 48.1 Å². The molecular formula is C16H24N2O3. The number of amides is 1. The topological polar surface area (TPSA) is 60.9 Å². The highest BCUT2D eigenvalue weighted by molar-refractivity contribution is 5.81. The highest BCUT2D eigenvalue weighted by Gasteiger charge is 2.16. The Morgan fingerprint density at radius 1 is 1.19 bits per heavy atom. The number of benzene rings is 1. The number of carbonyl (C=O) groups excluding carboxylic acids is 1. The predicted octanol–water partition coefficient (Wildman–Crippen LogP) is 2.14. The van der Waals surface area contributed by atoms with Crippen LogP contribution in [0.25, 0.3) is 0 Å². The van der Waals surface area contributed by atoms with E-state index in [1.165, 1.54) is 0 Å². The van der Waals surface area contributed by atoms with Crippen molar-refractivity contribution in [3.63, 3.8) is 0 Å². The largest absolute Gasteiger partial charge is 0.481 e. The molecule has 0 fully saturated rings. The second-order valence-corrected chi connectivity index (χ2v) is 4.97. The van der Waals surface area contributed by atoms with Gasteiger partial charge in [-0.25, -0.2) is 0 Å². The molecule has 5 nitrogen and oxygen atoms in total. The standard InChI is InChI=1S/C16H24N2O3/c1-4-17(5-2)15(19)12-18(10-9-16(20)21)14-8-6-7-13(3)11-14/h6-8,11H,4-5,9-10,12H2,1-3H3,(H,20,21). The van der Waals surface area contributed by atoms with Crippen molar-refractivity contribution in [1.82, 2.24) is 4.90 Å². The molecule has 0 aliphatic carbocycles. The van der Waals surface area contributed by atoms with Gasteiger partial charge in [0.25, 0.3) is 0 Å². The Hall–Kier alpha value is -2.04. The lowest BCUT2D eigenvalue weighted by Crippen LogP contribution is -2.41. The van der Waals surface area contributed by atoms with Crippen LogP contribution >= 0.6 is 0 Å². The van der Waals surface area contributed by atoms with E-state index < -0.39 is 5.97 Å². The lowest BCUT2D eigenvalue weighted by molar-refractivity contribution is -0.137. The summed E-state index contributed by atoms with van der Waals surface area (Å²) < 4.78 is 0. The van der Waals surface area contributed by atoms with Crippen LogP contribution in [0.2, 0.25) is 0 Å². The summed E-state index contributed by atoms with van der Waals surface area (Å²) in [7, 11) is 0. The van der Waals surface area contributed by atoms with Gasteiger partial charge in [0, 0.05) is 25.3 Å². The van der Waals surface area contributed by atoms with Crippen molar-refractivity contribution in [2.24, 2.45) is 0 Å². The summed E-state index contributed by atoms with van der Waals surface area (Å²) in [5, 5.41) is 8.88. The molecule has 0 aliphatic heterocycles. The fourth-order valence-electron chi connectivity index (χ4n) is 2.19. The first-order valence-electron chi connectivity index (χ1n) is 7.29. The maximum absolute atomic E-state index is 12.3. The molecule has 0 bridgehead atoms. The number of hydrogen-bond donors (Lipinski definition) is 1. The van der Waals surface area contributed by atoms with E-state index in [0.29, 0.717) is 19.6 Å². The zero-order chi connectivity index (χ0) is 15.8. The first-order valence-corrected chi connectivity index (χ1v) is 7.29. The Morgan fingerprint density at radius 2 is 1.86 bits per heavy atom.